The van der Waals surface area contributed by atoms with Crippen LogP contribution in [0.4, 0.5) is 0 Å². The molecule has 1 amide bonds. The number of fused-ring (bicyclic) bond motifs is 1. The normalized spacial score (nSPS) is 11.1. The Morgan fingerprint density at radius 1 is 0.902 bits per heavy atom. The van der Waals surface area contributed by atoms with Crippen molar-refractivity contribution in [2.75, 3.05) is 7.11 Å². The van der Waals surface area contributed by atoms with Gasteiger partial charge in [-0.2, -0.15) is 5.10 Å². The number of H-pyrrole nitrogens is 1. The molecule has 2 N–H and O–H groups in total. The maximum absolute atomic E-state index is 13.3. The van der Waals surface area contributed by atoms with Crippen molar-refractivity contribution in [3.8, 4) is 22.6 Å². The Morgan fingerprint density at radius 2 is 1.66 bits per heavy atom. The van der Waals surface area contributed by atoms with E-state index in [0.717, 1.165) is 5.56 Å². The quantitative estimate of drug-likeness (QED) is 0.0847. The van der Waals surface area contributed by atoms with Crippen molar-refractivity contribution in [3.05, 3.63) is 116 Å². The first-order chi connectivity index (χ1) is 19.7. The molecule has 206 valence electrons. The molecule has 5 rings (SSSR count). The number of hydrogen-bond acceptors (Lipinski definition) is 5. The highest BCUT2D eigenvalue weighted by Crippen LogP contribution is 2.40. The summed E-state index contributed by atoms with van der Waals surface area (Å²) in [5.74, 6) is -0.456. The van der Waals surface area contributed by atoms with E-state index < -0.39 is 11.9 Å². The van der Waals surface area contributed by atoms with E-state index in [1.54, 1.807) is 60.7 Å². The van der Waals surface area contributed by atoms with Crippen LogP contribution in [0.2, 0.25) is 15.1 Å². The minimum Gasteiger partial charge on any atom is -0.493 e. The van der Waals surface area contributed by atoms with Crippen LogP contribution >= 0.6 is 34.8 Å². The summed E-state index contributed by atoms with van der Waals surface area (Å²) in [6.07, 6.45) is 1.44. The summed E-state index contributed by atoms with van der Waals surface area (Å²) in [6, 6.07) is 22.4. The van der Waals surface area contributed by atoms with Crippen LogP contribution in [0.15, 0.2) is 84.0 Å². The first-order valence-corrected chi connectivity index (χ1v) is 13.4. The van der Waals surface area contributed by atoms with Crippen LogP contribution in [-0.4, -0.2) is 30.2 Å². The van der Waals surface area contributed by atoms with Crippen LogP contribution in [0.25, 0.3) is 22.0 Å². The summed E-state index contributed by atoms with van der Waals surface area (Å²) in [6.45, 7) is 1.93. The van der Waals surface area contributed by atoms with Crippen molar-refractivity contribution >= 4 is 63.8 Å². The van der Waals surface area contributed by atoms with Crippen molar-refractivity contribution in [2.45, 2.75) is 6.92 Å². The van der Waals surface area contributed by atoms with Crippen molar-refractivity contribution in [2.24, 2.45) is 5.10 Å². The lowest BCUT2D eigenvalue weighted by Gasteiger charge is -2.10. The topological polar surface area (TPSA) is 92.8 Å². The zero-order chi connectivity index (χ0) is 29.1. The van der Waals surface area contributed by atoms with Gasteiger partial charge in [-0.05, 0) is 61.0 Å². The Morgan fingerprint density at radius 3 is 2.39 bits per heavy atom. The lowest BCUT2D eigenvalue weighted by Crippen LogP contribution is -2.19. The number of hydrogen-bond donors (Lipinski definition) is 2. The Balaban J connectivity index is 1.38. The van der Waals surface area contributed by atoms with Gasteiger partial charge in [0.15, 0.2) is 11.5 Å². The number of methoxy groups -OCH3 is 1. The number of amides is 1. The molecule has 0 saturated carbocycles. The number of halogens is 3. The first-order valence-electron chi connectivity index (χ1n) is 12.3. The maximum atomic E-state index is 13.3. The van der Waals surface area contributed by atoms with Crippen LogP contribution in [-0.2, 0) is 0 Å². The third kappa shape index (κ3) is 6.07. The number of hydrazone groups is 1. The molecule has 10 heteroatoms. The highest BCUT2D eigenvalue weighted by Gasteiger charge is 2.22. The van der Waals surface area contributed by atoms with Gasteiger partial charge in [0.1, 0.15) is 5.69 Å². The number of carbonyl (C=O) groups is 2. The molecule has 0 spiro atoms. The number of aromatic amines is 1. The number of rotatable bonds is 7. The summed E-state index contributed by atoms with van der Waals surface area (Å²) >= 11 is 19.2. The predicted octanol–water partition coefficient (Wildman–Crippen LogP) is 8.10. The third-order valence-corrected chi connectivity index (χ3v) is 7.10. The molecule has 0 aliphatic heterocycles. The number of esters is 1. The van der Waals surface area contributed by atoms with E-state index in [-0.39, 0.29) is 11.4 Å². The number of aromatic nitrogens is 1. The Kier molecular flexibility index (Phi) is 8.31. The van der Waals surface area contributed by atoms with Gasteiger partial charge in [0.25, 0.3) is 5.91 Å². The van der Waals surface area contributed by atoms with Gasteiger partial charge < -0.3 is 14.5 Å². The molecule has 0 saturated heterocycles. The number of aryl methyl sites for hydroxylation is 1. The van der Waals surface area contributed by atoms with Crippen molar-refractivity contribution < 1.29 is 19.1 Å². The highest BCUT2D eigenvalue weighted by molar-refractivity contribution is 6.39. The molecule has 0 atom stereocenters. The van der Waals surface area contributed by atoms with E-state index >= 15 is 0 Å². The minimum atomic E-state index is -0.518. The molecule has 0 unspecified atom stereocenters. The summed E-state index contributed by atoms with van der Waals surface area (Å²) in [5.41, 5.74) is 6.52. The van der Waals surface area contributed by atoms with E-state index in [9.17, 15) is 9.59 Å². The molecule has 0 aliphatic rings. The fourth-order valence-electron chi connectivity index (χ4n) is 4.25. The Hall–Kier alpha value is -4.30. The fourth-order valence-corrected chi connectivity index (χ4v) is 5.02. The maximum Gasteiger partial charge on any atom is 0.343 e. The molecule has 0 fully saturated rings. The summed E-state index contributed by atoms with van der Waals surface area (Å²) < 4.78 is 10.9. The van der Waals surface area contributed by atoms with Crippen LogP contribution in [0.3, 0.4) is 0 Å². The fraction of sp³-hybridized carbons (Fsp3) is 0.0645. The van der Waals surface area contributed by atoms with Crippen LogP contribution in [0, 0.1) is 6.92 Å². The van der Waals surface area contributed by atoms with Gasteiger partial charge in [0.2, 0.25) is 0 Å². The number of carbonyl (C=O) groups excluding carboxylic acids is 2. The van der Waals surface area contributed by atoms with Crippen LogP contribution < -0.4 is 14.9 Å². The largest absolute Gasteiger partial charge is 0.493 e. The SMILES string of the molecule is COc1cc(C=NNC(=O)c2[nH]c3c(Cl)cc(Cl)cc3c2-c2ccccc2Cl)ccc1OC(=O)c1ccc(C)cc1. The molecule has 1 heterocycles. The molecule has 0 aliphatic carbocycles. The summed E-state index contributed by atoms with van der Waals surface area (Å²) in [7, 11) is 1.46. The molecule has 7 nitrogen and oxygen atoms in total. The van der Waals surface area contributed by atoms with Crippen molar-refractivity contribution in [3.63, 3.8) is 0 Å². The minimum absolute atomic E-state index is 0.213. The smallest absolute Gasteiger partial charge is 0.343 e. The number of nitrogens with zero attached hydrogens (tertiary/aromatic N) is 1. The Labute approximate surface area is 250 Å². The molecular formula is C31H22Cl3N3O4. The molecule has 41 heavy (non-hydrogen) atoms. The van der Waals surface area contributed by atoms with Crippen LogP contribution in [0.5, 0.6) is 11.5 Å². The van der Waals surface area contributed by atoms with Gasteiger partial charge in [0, 0.05) is 26.6 Å². The van der Waals surface area contributed by atoms with Gasteiger partial charge in [-0.1, -0.05) is 70.7 Å². The zero-order valence-corrected chi connectivity index (χ0v) is 24.1. The van der Waals surface area contributed by atoms with Crippen molar-refractivity contribution in [1.29, 1.82) is 0 Å². The monoisotopic (exact) mass is 605 g/mol. The van der Waals surface area contributed by atoms with Gasteiger partial charge >= 0.3 is 5.97 Å². The summed E-state index contributed by atoms with van der Waals surface area (Å²) in [5, 5.41) is 5.98. The molecule has 0 bridgehead atoms. The second kappa shape index (κ2) is 12.1. The number of ether oxygens (including phenoxy) is 2. The average Bonchev–Trinajstić information content (AvgIpc) is 3.34. The van der Waals surface area contributed by atoms with E-state index in [1.165, 1.54) is 13.3 Å². The molecule has 5 aromatic rings. The van der Waals surface area contributed by atoms with E-state index in [0.29, 0.717) is 54.0 Å². The number of benzene rings is 4. The van der Waals surface area contributed by atoms with E-state index in [2.05, 4.69) is 15.5 Å². The number of nitrogens with one attached hydrogen (secondary N) is 2. The lowest BCUT2D eigenvalue weighted by atomic mass is 10.0. The third-order valence-electron chi connectivity index (χ3n) is 6.25. The molecular weight excluding hydrogens is 585 g/mol. The van der Waals surface area contributed by atoms with Crippen LogP contribution in [0.1, 0.15) is 32.0 Å². The molecule has 1 aromatic heterocycles. The van der Waals surface area contributed by atoms with Gasteiger partial charge in [0.05, 0.1) is 29.4 Å². The standard InChI is InChI=1S/C31H22Cl3N3O4/c1-17-7-10-19(11-8-17)31(39)41-25-12-9-18(13-26(25)40-2)16-35-37-30(38)29-27(21-5-3-4-6-23(21)33)22-14-20(32)15-24(34)28(22)36-29/h3-16,36H,1-2H3,(H,37,38). The molecule has 4 aromatic carbocycles. The van der Waals surface area contributed by atoms with E-state index in [1.807, 2.05) is 25.1 Å². The Bertz CT molecular complexity index is 1810. The first kappa shape index (κ1) is 28.2. The predicted molar refractivity (Wildman–Crippen MR) is 163 cm³/mol. The molecule has 0 radical (unpaired) electrons. The van der Waals surface area contributed by atoms with E-state index in [4.69, 9.17) is 44.3 Å². The lowest BCUT2D eigenvalue weighted by molar-refractivity contribution is 0.0729. The second-order valence-electron chi connectivity index (χ2n) is 9.03. The average molecular weight is 607 g/mol. The van der Waals surface area contributed by atoms with Gasteiger partial charge in [-0.15, -0.1) is 0 Å². The van der Waals surface area contributed by atoms with Gasteiger partial charge in [-0.25, -0.2) is 10.2 Å². The van der Waals surface area contributed by atoms with Crippen molar-refractivity contribution in [1.82, 2.24) is 10.4 Å². The van der Waals surface area contributed by atoms with Gasteiger partial charge in [-0.3, -0.25) is 4.79 Å². The second-order valence-corrected chi connectivity index (χ2v) is 10.3. The zero-order valence-electron chi connectivity index (χ0n) is 21.8. The highest BCUT2D eigenvalue weighted by atomic mass is 35.5. The summed E-state index contributed by atoms with van der Waals surface area (Å²) in [4.78, 5) is 28.9.